The van der Waals surface area contributed by atoms with Gasteiger partial charge >= 0.3 is 6.09 Å². The van der Waals surface area contributed by atoms with Crippen LogP contribution in [0.3, 0.4) is 0 Å². The minimum absolute atomic E-state index is 0. The predicted octanol–water partition coefficient (Wildman–Crippen LogP) is 2.94. The maximum Gasteiger partial charge on any atom is 0.414 e. The Morgan fingerprint density at radius 2 is 2.03 bits per heavy atom. The largest absolute Gasteiger partial charge is 0.442 e. The maximum atomic E-state index is 14.9. The van der Waals surface area contributed by atoms with Gasteiger partial charge in [-0.25, -0.2) is 13.9 Å². The van der Waals surface area contributed by atoms with Crippen LogP contribution in [0.5, 0.6) is 0 Å². The third-order valence-corrected chi connectivity index (χ3v) is 5.37. The Morgan fingerprint density at radius 1 is 1.18 bits per heavy atom. The highest BCUT2D eigenvalue weighted by Crippen LogP contribution is 2.29. The third kappa shape index (κ3) is 5.21. The molecule has 0 radical (unpaired) electrons. The van der Waals surface area contributed by atoms with E-state index in [1.807, 2.05) is 24.3 Å². The van der Waals surface area contributed by atoms with E-state index in [9.17, 15) is 9.18 Å². The van der Waals surface area contributed by atoms with E-state index < -0.39 is 11.9 Å². The molecular weight excluding hydrogens is 463 g/mol. The highest BCUT2D eigenvalue weighted by molar-refractivity contribution is 5.90. The Labute approximate surface area is 200 Å². The number of rotatable bonds is 8. The molecule has 34 heavy (non-hydrogen) atoms. The van der Waals surface area contributed by atoms with Crippen LogP contribution in [0.1, 0.15) is 11.3 Å². The summed E-state index contributed by atoms with van der Waals surface area (Å²) in [6.07, 6.45) is 4.04. The summed E-state index contributed by atoms with van der Waals surface area (Å²) in [6, 6.07) is 12.4. The molecular formula is C22H22ClFN8O2. The highest BCUT2D eigenvalue weighted by atomic mass is 35.5. The van der Waals surface area contributed by atoms with Gasteiger partial charge in [-0.15, -0.1) is 17.5 Å². The average molecular weight is 485 g/mol. The minimum Gasteiger partial charge on any atom is -0.442 e. The number of H-pyrrole nitrogens is 1. The quantitative estimate of drug-likeness (QED) is 0.395. The molecule has 0 bridgehead atoms. The van der Waals surface area contributed by atoms with E-state index in [1.54, 1.807) is 35.4 Å². The highest BCUT2D eigenvalue weighted by Gasteiger charge is 2.33. The van der Waals surface area contributed by atoms with Crippen LogP contribution in [0.25, 0.3) is 11.1 Å². The fraction of sp³-hybridized carbons (Fsp3) is 0.227. The number of halogens is 2. The SMILES string of the molecule is Cl.O=C1O[C@@H](Cn2ccnn2)CN1c1ccc(-c2ccc(CNCc3cn[nH]n3)cc2)c(F)c1. The lowest BCUT2D eigenvalue weighted by Gasteiger charge is -2.14. The summed E-state index contributed by atoms with van der Waals surface area (Å²) in [5, 5.41) is 21.2. The van der Waals surface area contributed by atoms with E-state index in [4.69, 9.17) is 4.74 Å². The number of anilines is 1. The van der Waals surface area contributed by atoms with Crippen LogP contribution in [0.2, 0.25) is 0 Å². The Bertz CT molecular complexity index is 1220. The zero-order valence-electron chi connectivity index (χ0n) is 18.0. The Morgan fingerprint density at radius 3 is 2.74 bits per heavy atom. The topological polar surface area (TPSA) is 114 Å². The van der Waals surface area contributed by atoms with Crippen LogP contribution in [-0.2, 0) is 24.4 Å². The molecule has 2 N–H and O–H groups in total. The number of hydrogen-bond donors (Lipinski definition) is 2. The fourth-order valence-corrected chi connectivity index (χ4v) is 3.72. The van der Waals surface area contributed by atoms with Crippen molar-refractivity contribution < 1.29 is 13.9 Å². The number of hydrogen-bond acceptors (Lipinski definition) is 7. The van der Waals surface area contributed by atoms with E-state index in [0.29, 0.717) is 37.4 Å². The van der Waals surface area contributed by atoms with Gasteiger partial charge in [0, 0.05) is 24.8 Å². The summed E-state index contributed by atoms with van der Waals surface area (Å²) in [4.78, 5) is 13.7. The second kappa shape index (κ2) is 10.4. The summed E-state index contributed by atoms with van der Waals surface area (Å²) >= 11 is 0. The van der Waals surface area contributed by atoms with Crippen molar-refractivity contribution in [2.45, 2.75) is 25.7 Å². The van der Waals surface area contributed by atoms with Crippen molar-refractivity contribution in [3.05, 3.63) is 78.1 Å². The lowest BCUT2D eigenvalue weighted by molar-refractivity contribution is 0.129. The predicted molar refractivity (Wildman–Crippen MR) is 124 cm³/mol. The third-order valence-electron chi connectivity index (χ3n) is 5.37. The second-order valence-electron chi connectivity index (χ2n) is 7.67. The molecule has 2 aromatic carbocycles. The van der Waals surface area contributed by atoms with Crippen molar-refractivity contribution in [3.63, 3.8) is 0 Å². The first-order valence-corrected chi connectivity index (χ1v) is 10.4. The standard InChI is InChI=1S/C22H21FN8O2.ClH/c23-21-9-18(31-14-19(33-22(31)32)13-30-8-7-25-29-30)5-6-20(21)16-3-1-15(2-4-16)10-24-11-17-12-26-28-27-17;/h1-9,12,19,24H,10-11,13-14H2,(H,26,27,28);1H/t19-;/m0./s1. The van der Waals surface area contributed by atoms with Gasteiger partial charge in [-0.2, -0.15) is 15.4 Å². The molecule has 1 aliphatic rings. The number of nitrogens with zero attached hydrogens (tertiary/aromatic N) is 6. The molecule has 1 amide bonds. The molecule has 1 fully saturated rings. The molecule has 0 spiro atoms. The zero-order valence-corrected chi connectivity index (χ0v) is 18.8. The Balaban J connectivity index is 0.00000274. The molecule has 4 aromatic rings. The molecule has 10 nitrogen and oxygen atoms in total. The Hall–Kier alpha value is -3.83. The molecule has 12 heteroatoms. The molecule has 5 rings (SSSR count). The van der Waals surface area contributed by atoms with Crippen molar-refractivity contribution in [3.8, 4) is 11.1 Å². The first-order chi connectivity index (χ1) is 16.2. The smallest absolute Gasteiger partial charge is 0.414 e. The lowest BCUT2D eigenvalue weighted by Crippen LogP contribution is -2.26. The van der Waals surface area contributed by atoms with Gasteiger partial charge in [0.15, 0.2) is 0 Å². The van der Waals surface area contributed by atoms with Crippen LogP contribution >= 0.6 is 12.4 Å². The summed E-state index contributed by atoms with van der Waals surface area (Å²) < 4.78 is 21.9. The van der Waals surface area contributed by atoms with E-state index in [0.717, 1.165) is 16.8 Å². The molecule has 0 aliphatic carbocycles. The first-order valence-electron chi connectivity index (χ1n) is 10.4. The summed E-state index contributed by atoms with van der Waals surface area (Å²) in [5.74, 6) is -0.406. The monoisotopic (exact) mass is 484 g/mol. The van der Waals surface area contributed by atoms with E-state index in [2.05, 4.69) is 31.0 Å². The Kier molecular flexibility index (Phi) is 7.14. The molecule has 0 saturated carbocycles. The minimum atomic E-state index is -0.505. The van der Waals surface area contributed by atoms with Gasteiger partial charge in [-0.1, -0.05) is 29.5 Å². The van der Waals surface area contributed by atoms with Gasteiger partial charge in [0.05, 0.1) is 36.9 Å². The van der Waals surface area contributed by atoms with Gasteiger partial charge in [-0.05, 0) is 29.3 Å². The van der Waals surface area contributed by atoms with Crippen LogP contribution in [0.15, 0.2) is 61.1 Å². The number of benzene rings is 2. The number of carbonyl (C=O) groups excluding carboxylic acids is 1. The summed E-state index contributed by atoms with van der Waals surface area (Å²) in [7, 11) is 0. The second-order valence-corrected chi connectivity index (χ2v) is 7.67. The van der Waals surface area contributed by atoms with Crippen molar-refractivity contribution in [2.75, 3.05) is 11.4 Å². The van der Waals surface area contributed by atoms with Crippen LogP contribution in [0.4, 0.5) is 14.9 Å². The molecule has 2 aromatic heterocycles. The molecule has 1 atom stereocenters. The molecule has 176 valence electrons. The molecule has 1 saturated heterocycles. The van der Waals surface area contributed by atoms with Crippen molar-refractivity contribution in [1.82, 2.24) is 35.7 Å². The van der Waals surface area contributed by atoms with Gasteiger partial charge < -0.3 is 10.1 Å². The molecule has 0 unspecified atom stereocenters. The normalized spacial score (nSPS) is 15.3. The van der Waals surface area contributed by atoms with Gasteiger partial charge in [-0.3, -0.25) is 4.90 Å². The number of nitrogens with one attached hydrogen (secondary N) is 2. The summed E-state index contributed by atoms with van der Waals surface area (Å²) in [6.45, 7) is 1.96. The number of aromatic nitrogens is 6. The molecule has 1 aliphatic heterocycles. The fourth-order valence-electron chi connectivity index (χ4n) is 3.72. The number of amides is 1. The van der Waals surface area contributed by atoms with Gasteiger partial charge in [0.25, 0.3) is 0 Å². The van der Waals surface area contributed by atoms with Gasteiger partial charge in [0.1, 0.15) is 11.9 Å². The molecule has 3 heterocycles. The zero-order chi connectivity index (χ0) is 22.6. The van der Waals surface area contributed by atoms with E-state index >= 15 is 0 Å². The lowest BCUT2D eigenvalue weighted by atomic mass is 10.0. The average Bonchev–Trinajstić information content (AvgIpc) is 3.58. The maximum absolute atomic E-state index is 14.9. The van der Waals surface area contributed by atoms with Crippen LogP contribution < -0.4 is 10.2 Å². The van der Waals surface area contributed by atoms with Gasteiger partial charge in [0.2, 0.25) is 0 Å². The number of cyclic esters (lactones) is 1. The number of ether oxygens (including phenoxy) is 1. The van der Waals surface area contributed by atoms with Crippen LogP contribution in [0, 0.1) is 5.82 Å². The van der Waals surface area contributed by atoms with E-state index in [1.165, 1.54) is 11.0 Å². The van der Waals surface area contributed by atoms with Crippen LogP contribution in [-0.4, -0.2) is 49.1 Å². The summed E-state index contributed by atoms with van der Waals surface area (Å²) in [5.41, 5.74) is 3.58. The van der Waals surface area contributed by atoms with Crippen molar-refractivity contribution in [1.29, 1.82) is 0 Å². The number of aromatic amines is 1. The van der Waals surface area contributed by atoms with Crippen molar-refractivity contribution in [2.24, 2.45) is 0 Å². The number of carbonyl (C=O) groups is 1. The van der Waals surface area contributed by atoms with Crippen molar-refractivity contribution >= 4 is 24.2 Å². The first kappa shape index (κ1) is 23.3. The van der Waals surface area contributed by atoms with E-state index in [-0.39, 0.29) is 18.5 Å².